The molecule has 2 rings (SSSR count). The summed E-state index contributed by atoms with van der Waals surface area (Å²) in [5.74, 6) is -1.07. The molecule has 11 heteroatoms. The molecular weight excluding hydrogens is 404 g/mol. The van der Waals surface area contributed by atoms with E-state index in [1.54, 1.807) is 0 Å². The van der Waals surface area contributed by atoms with Gasteiger partial charge in [0.2, 0.25) is 6.04 Å². The van der Waals surface area contributed by atoms with Gasteiger partial charge in [0.15, 0.2) is 17.2 Å². The average molecular weight is 421 g/mol. The number of halogens is 1. The summed E-state index contributed by atoms with van der Waals surface area (Å²) in [6, 6.07) is 7.04. The molecule has 1 unspecified atom stereocenters. The zero-order valence-electron chi connectivity index (χ0n) is 15.7. The van der Waals surface area contributed by atoms with E-state index in [0.29, 0.717) is 0 Å². The number of hydrogen-bond donors (Lipinski definition) is 1. The minimum absolute atomic E-state index is 0.0885. The lowest BCUT2D eigenvalue weighted by atomic mass is 10.2. The summed E-state index contributed by atoms with van der Waals surface area (Å²) in [4.78, 5) is 35.0. The summed E-state index contributed by atoms with van der Waals surface area (Å²) in [5.41, 5.74) is -0.286. The first-order valence-electron chi connectivity index (χ1n) is 8.16. The summed E-state index contributed by atoms with van der Waals surface area (Å²) in [6.45, 7) is 1.15. The normalized spacial score (nSPS) is 11.7. The molecule has 0 heterocycles. The summed E-state index contributed by atoms with van der Waals surface area (Å²) in [6.07, 6.45) is 0. The Kier molecular flexibility index (Phi) is 7.21. The van der Waals surface area contributed by atoms with Crippen molar-refractivity contribution in [3.63, 3.8) is 0 Å². The summed E-state index contributed by atoms with van der Waals surface area (Å²) < 4.78 is 10.4. The Balaban J connectivity index is 2.36. The third-order valence-electron chi connectivity index (χ3n) is 3.74. The van der Waals surface area contributed by atoms with E-state index in [1.165, 1.54) is 50.6 Å². The molecule has 152 valence electrons. The van der Waals surface area contributed by atoms with Crippen molar-refractivity contribution >= 4 is 40.4 Å². The van der Waals surface area contributed by atoms with Gasteiger partial charge in [-0.1, -0.05) is 23.7 Å². The minimum atomic E-state index is -1.55. The van der Waals surface area contributed by atoms with Crippen molar-refractivity contribution in [1.82, 2.24) is 0 Å². The van der Waals surface area contributed by atoms with Gasteiger partial charge in [-0.2, -0.15) is 5.11 Å². The number of carbonyl (C=O) groups excluding carboxylic acids is 2. The Labute approximate surface area is 170 Å². The number of anilines is 1. The SMILES string of the molecule is COc1ccc(Cl)c(OC)c1NC(=O)C(N=Nc1ccccc1[N+](=O)[O-])C(C)=O. The van der Waals surface area contributed by atoms with Crippen molar-refractivity contribution < 1.29 is 24.0 Å². The maximum Gasteiger partial charge on any atom is 0.296 e. The van der Waals surface area contributed by atoms with Crippen LogP contribution in [-0.4, -0.2) is 36.9 Å². The number of benzene rings is 2. The molecule has 1 amide bonds. The third-order valence-corrected chi connectivity index (χ3v) is 4.03. The van der Waals surface area contributed by atoms with Crippen LogP contribution >= 0.6 is 11.6 Å². The monoisotopic (exact) mass is 420 g/mol. The van der Waals surface area contributed by atoms with Crippen molar-refractivity contribution in [1.29, 1.82) is 0 Å². The average Bonchev–Trinajstić information content (AvgIpc) is 2.68. The van der Waals surface area contributed by atoms with Crippen molar-refractivity contribution in [2.24, 2.45) is 10.2 Å². The summed E-state index contributed by atoms with van der Waals surface area (Å²) in [5, 5.41) is 21.2. The molecule has 0 saturated carbocycles. The van der Waals surface area contributed by atoms with Gasteiger partial charge in [0.1, 0.15) is 11.4 Å². The van der Waals surface area contributed by atoms with E-state index in [9.17, 15) is 19.7 Å². The predicted octanol–water partition coefficient (Wildman–Crippen LogP) is 3.95. The van der Waals surface area contributed by atoms with Crippen LogP contribution < -0.4 is 14.8 Å². The fraction of sp³-hybridized carbons (Fsp3) is 0.222. The van der Waals surface area contributed by atoms with Gasteiger partial charge in [-0.3, -0.25) is 19.7 Å². The number of para-hydroxylation sites is 1. The lowest BCUT2D eigenvalue weighted by Crippen LogP contribution is -2.32. The molecule has 0 bridgehead atoms. The van der Waals surface area contributed by atoms with Gasteiger partial charge in [0, 0.05) is 6.07 Å². The van der Waals surface area contributed by atoms with Gasteiger partial charge >= 0.3 is 0 Å². The molecule has 2 aromatic rings. The zero-order chi connectivity index (χ0) is 21.6. The molecule has 0 aliphatic rings. The number of nitrogens with zero attached hydrogens (tertiary/aromatic N) is 3. The van der Waals surface area contributed by atoms with Gasteiger partial charge in [-0.15, -0.1) is 5.11 Å². The lowest BCUT2D eigenvalue weighted by Gasteiger charge is -2.16. The van der Waals surface area contributed by atoms with Gasteiger partial charge in [-0.25, -0.2) is 0 Å². The van der Waals surface area contributed by atoms with Crippen molar-refractivity contribution in [3.05, 3.63) is 51.5 Å². The van der Waals surface area contributed by atoms with Crippen LogP contribution in [0.1, 0.15) is 6.92 Å². The highest BCUT2D eigenvalue weighted by atomic mass is 35.5. The molecule has 0 spiro atoms. The van der Waals surface area contributed by atoms with Crippen LogP contribution in [0.2, 0.25) is 5.02 Å². The molecule has 10 nitrogen and oxygen atoms in total. The number of Topliss-reactive ketones (excluding diaryl/α,β-unsaturated/α-hetero) is 1. The predicted molar refractivity (Wildman–Crippen MR) is 105 cm³/mol. The van der Waals surface area contributed by atoms with Crippen molar-refractivity contribution in [2.45, 2.75) is 13.0 Å². The maximum atomic E-state index is 12.7. The number of carbonyl (C=O) groups is 2. The first-order valence-corrected chi connectivity index (χ1v) is 8.54. The van der Waals surface area contributed by atoms with E-state index in [1.807, 2.05) is 0 Å². The highest BCUT2D eigenvalue weighted by Crippen LogP contribution is 2.40. The van der Waals surface area contributed by atoms with Gasteiger partial charge < -0.3 is 14.8 Å². The van der Waals surface area contributed by atoms with Crippen LogP contribution in [0, 0.1) is 10.1 Å². The van der Waals surface area contributed by atoms with E-state index >= 15 is 0 Å². The van der Waals surface area contributed by atoms with Crippen LogP contribution in [0.15, 0.2) is 46.6 Å². The Bertz CT molecular complexity index is 979. The van der Waals surface area contributed by atoms with Crippen LogP contribution in [0.4, 0.5) is 17.1 Å². The quantitative estimate of drug-likeness (QED) is 0.297. The van der Waals surface area contributed by atoms with Crippen molar-refractivity contribution in [3.8, 4) is 11.5 Å². The largest absolute Gasteiger partial charge is 0.494 e. The zero-order valence-corrected chi connectivity index (χ0v) is 16.5. The molecule has 0 fully saturated rings. The standard InChI is InChI=1S/C18H17ClN4O6/c1-10(24)15(22-21-12-6-4-5-7-13(12)23(26)27)18(25)20-16-14(28-2)9-8-11(19)17(16)29-3/h4-9,15H,1-3H3,(H,20,25). The van der Waals surface area contributed by atoms with E-state index in [4.69, 9.17) is 21.1 Å². The second-order valence-corrected chi connectivity index (χ2v) is 6.03. The highest BCUT2D eigenvalue weighted by Gasteiger charge is 2.26. The number of nitro groups is 1. The first kappa shape index (κ1) is 21.8. The molecule has 0 aliphatic carbocycles. The Morgan fingerprint density at radius 1 is 1.17 bits per heavy atom. The minimum Gasteiger partial charge on any atom is -0.494 e. The Morgan fingerprint density at radius 2 is 1.86 bits per heavy atom. The molecule has 0 radical (unpaired) electrons. The first-order chi connectivity index (χ1) is 13.8. The third kappa shape index (κ3) is 5.05. The van der Waals surface area contributed by atoms with Gasteiger partial charge in [-0.05, 0) is 25.1 Å². The number of methoxy groups -OCH3 is 2. The van der Waals surface area contributed by atoms with E-state index in [2.05, 4.69) is 15.5 Å². The Hall–Kier alpha value is -3.53. The molecular formula is C18H17ClN4O6. The van der Waals surface area contributed by atoms with E-state index < -0.39 is 22.7 Å². The summed E-state index contributed by atoms with van der Waals surface area (Å²) in [7, 11) is 2.74. The number of ketones is 1. The number of rotatable bonds is 8. The molecule has 2 aromatic carbocycles. The number of nitro benzene ring substituents is 1. The number of azo groups is 1. The Morgan fingerprint density at radius 3 is 2.45 bits per heavy atom. The second kappa shape index (κ2) is 9.60. The molecule has 0 aliphatic heterocycles. The summed E-state index contributed by atoms with van der Waals surface area (Å²) >= 11 is 6.07. The van der Waals surface area contributed by atoms with E-state index in [0.717, 1.165) is 6.92 Å². The topological polar surface area (TPSA) is 132 Å². The smallest absolute Gasteiger partial charge is 0.296 e. The van der Waals surface area contributed by atoms with Crippen LogP contribution in [0.25, 0.3) is 0 Å². The number of ether oxygens (including phenoxy) is 2. The van der Waals surface area contributed by atoms with Crippen LogP contribution in [-0.2, 0) is 9.59 Å². The van der Waals surface area contributed by atoms with Crippen LogP contribution in [0.3, 0.4) is 0 Å². The second-order valence-electron chi connectivity index (χ2n) is 5.62. The van der Waals surface area contributed by atoms with Crippen molar-refractivity contribution in [2.75, 3.05) is 19.5 Å². The number of nitrogens with one attached hydrogen (secondary N) is 1. The molecule has 1 N–H and O–H groups in total. The highest BCUT2D eigenvalue weighted by molar-refractivity contribution is 6.33. The fourth-order valence-corrected chi connectivity index (χ4v) is 2.59. The number of amides is 1. The maximum absolute atomic E-state index is 12.7. The number of hydrogen-bond acceptors (Lipinski definition) is 8. The molecule has 29 heavy (non-hydrogen) atoms. The fourth-order valence-electron chi connectivity index (χ4n) is 2.36. The van der Waals surface area contributed by atoms with Crippen LogP contribution in [0.5, 0.6) is 11.5 Å². The molecule has 0 aromatic heterocycles. The lowest BCUT2D eigenvalue weighted by molar-refractivity contribution is -0.384. The van der Waals surface area contributed by atoms with E-state index in [-0.39, 0.29) is 33.6 Å². The molecule has 1 atom stereocenters. The van der Waals surface area contributed by atoms with Gasteiger partial charge in [0.25, 0.3) is 11.6 Å². The molecule has 0 saturated heterocycles. The van der Waals surface area contributed by atoms with Gasteiger partial charge in [0.05, 0.1) is 24.2 Å².